The van der Waals surface area contributed by atoms with Crippen molar-refractivity contribution in [2.45, 2.75) is 6.92 Å². The first-order valence-electron chi connectivity index (χ1n) is 3.32. The van der Waals surface area contributed by atoms with Crippen LogP contribution in [0.3, 0.4) is 0 Å². The first-order valence-corrected chi connectivity index (χ1v) is 3.32. The van der Waals surface area contributed by atoms with Crippen molar-refractivity contribution in [1.29, 1.82) is 0 Å². The minimum Gasteiger partial charge on any atom is -0.507 e. The van der Waals surface area contributed by atoms with Crippen molar-refractivity contribution < 1.29 is 14.7 Å². The van der Waals surface area contributed by atoms with E-state index in [0.29, 0.717) is 5.56 Å². The third-order valence-electron chi connectivity index (χ3n) is 1.50. The number of hydrogen-bond donors (Lipinski definition) is 2. The number of benzene rings is 1. The summed E-state index contributed by atoms with van der Waals surface area (Å²) in [6, 6.07) is 3.49. The smallest absolute Gasteiger partial charge is 0.127 e. The van der Waals surface area contributed by atoms with Gasteiger partial charge in [-0.3, -0.25) is 0 Å². The van der Waals surface area contributed by atoms with Gasteiger partial charge in [-0.2, -0.15) is 0 Å². The van der Waals surface area contributed by atoms with Crippen molar-refractivity contribution in [3.63, 3.8) is 0 Å². The van der Waals surface area contributed by atoms with Crippen LogP contribution in [-0.2, 0) is 0 Å². The van der Waals surface area contributed by atoms with E-state index in [4.69, 9.17) is 10.3 Å². The summed E-state index contributed by atoms with van der Waals surface area (Å²) in [6.07, 6.45) is 0. The van der Waals surface area contributed by atoms with Gasteiger partial charge in [-0.1, -0.05) is 5.16 Å². The fourth-order valence-electron chi connectivity index (χ4n) is 0.865. The maximum Gasteiger partial charge on any atom is 0.127 e. The number of oxime groups is 1. The minimum absolute atomic E-state index is 0.231. The molecule has 1 aromatic rings. The maximum atomic E-state index is 12.5. The summed E-state index contributed by atoms with van der Waals surface area (Å²) >= 11 is 0. The molecule has 64 valence electrons. The van der Waals surface area contributed by atoms with Gasteiger partial charge in [0.05, 0.1) is 5.71 Å². The molecule has 3 nitrogen and oxygen atoms in total. The molecule has 0 fully saturated rings. The first-order chi connectivity index (χ1) is 5.65. The van der Waals surface area contributed by atoms with Gasteiger partial charge in [-0.25, -0.2) is 4.39 Å². The van der Waals surface area contributed by atoms with Crippen LogP contribution in [0, 0.1) is 5.82 Å². The molecule has 0 aliphatic rings. The van der Waals surface area contributed by atoms with E-state index in [1.165, 1.54) is 19.1 Å². The molecule has 0 saturated carbocycles. The number of phenols is 1. The van der Waals surface area contributed by atoms with Crippen LogP contribution in [0.1, 0.15) is 12.5 Å². The molecule has 0 radical (unpaired) electrons. The van der Waals surface area contributed by atoms with E-state index in [1.54, 1.807) is 0 Å². The number of nitrogens with zero attached hydrogens (tertiary/aromatic N) is 1. The molecule has 2 N–H and O–H groups in total. The van der Waals surface area contributed by atoms with Gasteiger partial charge < -0.3 is 10.3 Å². The molecule has 0 aliphatic heterocycles. The normalized spacial score (nSPS) is 11.7. The monoisotopic (exact) mass is 169 g/mol. The lowest BCUT2D eigenvalue weighted by Gasteiger charge is -2.01. The summed E-state index contributed by atoms with van der Waals surface area (Å²) in [6.45, 7) is 1.51. The summed E-state index contributed by atoms with van der Waals surface area (Å²) in [5.41, 5.74) is 0.561. The Morgan fingerprint density at radius 2 is 2.17 bits per heavy atom. The highest BCUT2D eigenvalue weighted by Crippen LogP contribution is 2.18. The SMILES string of the molecule is C/C(=N/O)c1ccc(F)cc1O. The molecule has 0 amide bonds. The summed E-state index contributed by atoms with van der Waals surface area (Å²) < 4.78 is 12.5. The van der Waals surface area contributed by atoms with E-state index in [0.717, 1.165) is 6.07 Å². The lowest BCUT2D eigenvalue weighted by atomic mass is 10.1. The number of halogens is 1. The van der Waals surface area contributed by atoms with E-state index < -0.39 is 5.82 Å². The summed E-state index contributed by atoms with van der Waals surface area (Å²) in [7, 11) is 0. The zero-order valence-electron chi connectivity index (χ0n) is 6.45. The van der Waals surface area contributed by atoms with Gasteiger partial charge in [0.25, 0.3) is 0 Å². The van der Waals surface area contributed by atoms with Gasteiger partial charge in [0.2, 0.25) is 0 Å². The Morgan fingerprint density at radius 1 is 1.50 bits per heavy atom. The highest BCUT2D eigenvalue weighted by Gasteiger charge is 2.05. The molecule has 0 aromatic heterocycles. The largest absolute Gasteiger partial charge is 0.507 e. The van der Waals surface area contributed by atoms with E-state index in [9.17, 15) is 4.39 Å². The van der Waals surface area contributed by atoms with Crippen molar-refractivity contribution in [3.05, 3.63) is 29.6 Å². The lowest BCUT2D eigenvalue weighted by Crippen LogP contribution is -1.95. The van der Waals surface area contributed by atoms with E-state index >= 15 is 0 Å². The molecule has 0 spiro atoms. The van der Waals surface area contributed by atoms with Gasteiger partial charge >= 0.3 is 0 Å². The van der Waals surface area contributed by atoms with Crippen LogP contribution < -0.4 is 0 Å². The molecule has 12 heavy (non-hydrogen) atoms. The molecule has 4 heteroatoms. The second kappa shape index (κ2) is 3.21. The predicted octanol–water partition coefficient (Wildman–Crippen LogP) is 1.73. The van der Waals surface area contributed by atoms with Crippen molar-refractivity contribution in [1.82, 2.24) is 0 Å². The zero-order chi connectivity index (χ0) is 9.14. The van der Waals surface area contributed by atoms with Gasteiger partial charge in [0, 0.05) is 11.6 Å². The fourth-order valence-corrected chi connectivity index (χ4v) is 0.865. The van der Waals surface area contributed by atoms with Crippen molar-refractivity contribution >= 4 is 5.71 Å². The highest BCUT2D eigenvalue weighted by molar-refractivity contribution is 6.00. The number of rotatable bonds is 1. The quantitative estimate of drug-likeness (QED) is 0.382. The average molecular weight is 169 g/mol. The second-order valence-electron chi connectivity index (χ2n) is 2.35. The Balaban J connectivity index is 3.18. The van der Waals surface area contributed by atoms with Crippen LogP contribution in [0.4, 0.5) is 4.39 Å². The van der Waals surface area contributed by atoms with Crippen LogP contribution >= 0.6 is 0 Å². The van der Waals surface area contributed by atoms with Crippen LogP contribution in [0.2, 0.25) is 0 Å². The van der Waals surface area contributed by atoms with Crippen LogP contribution in [0.25, 0.3) is 0 Å². The number of hydrogen-bond acceptors (Lipinski definition) is 3. The molecule has 0 aliphatic carbocycles. The van der Waals surface area contributed by atoms with Crippen molar-refractivity contribution in [3.8, 4) is 5.75 Å². The predicted molar refractivity (Wildman–Crippen MR) is 42.1 cm³/mol. The molecule has 1 rings (SSSR count). The second-order valence-corrected chi connectivity index (χ2v) is 2.35. The molecular formula is C8H8FNO2. The summed E-state index contributed by atoms with van der Waals surface area (Å²) in [5, 5.41) is 20.4. The topological polar surface area (TPSA) is 52.8 Å². The van der Waals surface area contributed by atoms with E-state index in [-0.39, 0.29) is 11.5 Å². The van der Waals surface area contributed by atoms with Gasteiger partial charge in [0.15, 0.2) is 0 Å². The maximum absolute atomic E-state index is 12.5. The van der Waals surface area contributed by atoms with Gasteiger partial charge in [-0.15, -0.1) is 0 Å². The molecule has 0 atom stereocenters. The Hall–Kier alpha value is -1.58. The third-order valence-corrected chi connectivity index (χ3v) is 1.50. The van der Waals surface area contributed by atoms with Crippen LogP contribution in [-0.4, -0.2) is 16.0 Å². The van der Waals surface area contributed by atoms with Gasteiger partial charge in [0.1, 0.15) is 11.6 Å². The molecule has 0 saturated heterocycles. The molecule has 1 aromatic carbocycles. The Morgan fingerprint density at radius 3 is 2.67 bits per heavy atom. The molecule has 0 bridgehead atoms. The highest BCUT2D eigenvalue weighted by atomic mass is 19.1. The summed E-state index contributed by atoms with van der Waals surface area (Å²) in [4.78, 5) is 0. The third kappa shape index (κ3) is 1.53. The fraction of sp³-hybridized carbons (Fsp3) is 0.125. The number of phenolic OH excluding ortho intramolecular Hbond substituents is 1. The minimum atomic E-state index is -0.526. The summed E-state index contributed by atoms with van der Waals surface area (Å²) in [5.74, 6) is -0.757. The van der Waals surface area contributed by atoms with Crippen LogP contribution in [0.5, 0.6) is 5.75 Å². The van der Waals surface area contributed by atoms with Gasteiger partial charge in [-0.05, 0) is 19.1 Å². The average Bonchev–Trinajstić information content (AvgIpc) is 2.03. The Bertz CT molecular complexity index is 323. The molecule has 0 unspecified atom stereocenters. The van der Waals surface area contributed by atoms with E-state index in [1.807, 2.05) is 0 Å². The zero-order valence-corrected chi connectivity index (χ0v) is 6.45. The Labute approximate surface area is 68.8 Å². The number of aromatic hydroxyl groups is 1. The standard InChI is InChI=1S/C8H8FNO2/c1-5(10-12)7-3-2-6(9)4-8(7)11/h2-4,11-12H,1H3/b10-5-. The van der Waals surface area contributed by atoms with Crippen LogP contribution in [0.15, 0.2) is 23.4 Å². The Kier molecular flexibility index (Phi) is 2.28. The van der Waals surface area contributed by atoms with Crippen molar-refractivity contribution in [2.75, 3.05) is 0 Å². The van der Waals surface area contributed by atoms with Crippen molar-refractivity contribution in [2.24, 2.45) is 5.16 Å². The first kappa shape index (κ1) is 8.52. The molecular weight excluding hydrogens is 161 g/mol. The van der Waals surface area contributed by atoms with E-state index in [2.05, 4.69) is 5.16 Å². The lowest BCUT2D eigenvalue weighted by molar-refractivity contribution is 0.318. The molecule has 0 heterocycles.